The molecule has 0 amide bonds. The number of hydrogen-bond donors (Lipinski definition) is 2. The molecule has 0 unspecified atom stereocenters. The molecule has 0 bridgehead atoms. The SMILES string of the molecule is CC1(CNc2ccc(C(F)(F)F)cc2C(=O)O)CCC1. The highest BCUT2D eigenvalue weighted by molar-refractivity contribution is 5.94. The summed E-state index contributed by atoms with van der Waals surface area (Å²) in [5.41, 5.74) is -0.949. The molecule has 0 aromatic heterocycles. The maximum Gasteiger partial charge on any atom is 0.416 e. The third-order valence-corrected chi connectivity index (χ3v) is 3.84. The van der Waals surface area contributed by atoms with E-state index in [-0.39, 0.29) is 16.7 Å². The van der Waals surface area contributed by atoms with Gasteiger partial charge in [0.2, 0.25) is 0 Å². The van der Waals surface area contributed by atoms with Crippen LogP contribution in [0, 0.1) is 5.41 Å². The van der Waals surface area contributed by atoms with E-state index in [1.165, 1.54) is 6.07 Å². The van der Waals surface area contributed by atoms with Crippen LogP contribution in [0.1, 0.15) is 42.1 Å². The van der Waals surface area contributed by atoms with E-state index >= 15 is 0 Å². The van der Waals surface area contributed by atoms with Crippen molar-refractivity contribution < 1.29 is 23.1 Å². The number of aromatic carboxylic acids is 1. The summed E-state index contributed by atoms with van der Waals surface area (Å²) >= 11 is 0. The molecule has 1 aromatic carbocycles. The normalized spacial score (nSPS) is 17.4. The molecular weight excluding hydrogens is 271 g/mol. The first-order valence-corrected chi connectivity index (χ1v) is 6.40. The van der Waals surface area contributed by atoms with Crippen LogP contribution in [-0.4, -0.2) is 17.6 Å². The van der Waals surface area contributed by atoms with Gasteiger partial charge in [0, 0.05) is 12.2 Å². The minimum absolute atomic E-state index is 0.110. The van der Waals surface area contributed by atoms with Gasteiger partial charge in [0.25, 0.3) is 0 Å². The van der Waals surface area contributed by atoms with E-state index in [2.05, 4.69) is 12.2 Å². The monoisotopic (exact) mass is 287 g/mol. The van der Waals surface area contributed by atoms with Crippen LogP contribution in [0.4, 0.5) is 18.9 Å². The van der Waals surface area contributed by atoms with Gasteiger partial charge in [-0.15, -0.1) is 0 Å². The zero-order chi connectivity index (χ0) is 15.0. The van der Waals surface area contributed by atoms with Crippen LogP contribution in [-0.2, 0) is 6.18 Å². The van der Waals surface area contributed by atoms with Crippen molar-refractivity contribution in [3.05, 3.63) is 29.3 Å². The van der Waals surface area contributed by atoms with Crippen molar-refractivity contribution in [1.29, 1.82) is 0 Å². The van der Waals surface area contributed by atoms with Gasteiger partial charge in [-0.05, 0) is 36.5 Å². The summed E-state index contributed by atoms with van der Waals surface area (Å²) in [6.45, 7) is 2.65. The van der Waals surface area contributed by atoms with Crippen LogP contribution in [0.2, 0.25) is 0 Å². The van der Waals surface area contributed by atoms with Gasteiger partial charge in [-0.1, -0.05) is 13.3 Å². The number of rotatable bonds is 4. The van der Waals surface area contributed by atoms with Gasteiger partial charge in [0.15, 0.2) is 0 Å². The fourth-order valence-electron chi connectivity index (χ4n) is 2.32. The molecule has 0 radical (unpaired) electrons. The Kier molecular flexibility index (Phi) is 3.67. The quantitative estimate of drug-likeness (QED) is 0.879. The second-order valence-electron chi connectivity index (χ2n) is 5.58. The molecule has 6 heteroatoms. The predicted octanol–water partition coefficient (Wildman–Crippen LogP) is 4.01. The highest BCUT2D eigenvalue weighted by atomic mass is 19.4. The van der Waals surface area contributed by atoms with Crippen molar-refractivity contribution in [2.24, 2.45) is 5.41 Å². The van der Waals surface area contributed by atoms with Gasteiger partial charge < -0.3 is 10.4 Å². The molecule has 0 saturated heterocycles. The predicted molar refractivity (Wildman–Crippen MR) is 68.9 cm³/mol. The van der Waals surface area contributed by atoms with Crippen molar-refractivity contribution in [2.45, 2.75) is 32.4 Å². The van der Waals surface area contributed by atoms with Gasteiger partial charge >= 0.3 is 12.1 Å². The topological polar surface area (TPSA) is 49.3 Å². The zero-order valence-corrected chi connectivity index (χ0v) is 11.0. The standard InChI is InChI=1S/C14H16F3NO2/c1-13(5-2-6-13)8-18-11-4-3-9(14(15,16)17)7-10(11)12(19)20/h3-4,7,18H,2,5-6,8H2,1H3,(H,19,20). The molecule has 20 heavy (non-hydrogen) atoms. The summed E-state index contributed by atoms with van der Waals surface area (Å²) in [7, 11) is 0. The molecular formula is C14H16F3NO2. The Morgan fingerprint density at radius 3 is 2.50 bits per heavy atom. The molecule has 0 spiro atoms. The minimum Gasteiger partial charge on any atom is -0.478 e. The van der Waals surface area contributed by atoms with Crippen molar-refractivity contribution in [2.75, 3.05) is 11.9 Å². The van der Waals surface area contributed by atoms with Crippen molar-refractivity contribution >= 4 is 11.7 Å². The maximum atomic E-state index is 12.6. The van der Waals surface area contributed by atoms with Crippen LogP contribution >= 0.6 is 0 Å². The van der Waals surface area contributed by atoms with Crippen molar-refractivity contribution in [1.82, 2.24) is 0 Å². The number of hydrogen-bond acceptors (Lipinski definition) is 2. The molecule has 2 N–H and O–H groups in total. The summed E-state index contributed by atoms with van der Waals surface area (Å²) in [6, 6.07) is 2.76. The Bertz CT molecular complexity index is 522. The minimum atomic E-state index is -4.54. The average molecular weight is 287 g/mol. The van der Waals surface area contributed by atoms with Gasteiger partial charge in [-0.3, -0.25) is 0 Å². The van der Waals surface area contributed by atoms with Crippen molar-refractivity contribution in [3.8, 4) is 0 Å². The number of nitrogens with one attached hydrogen (secondary N) is 1. The number of halogens is 3. The Morgan fingerprint density at radius 2 is 2.05 bits per heavy atom. The number of anilines is 1. The van der Waals surface area contributed by atoms with E-state index in [4.69, 9.17) is 5.11 Å². The zero-order valence-electron chi connectivity index (χ0n) is 11.0. The summed E-state index contributed by atoms with van der Waals surface area (Å²) < 4.78 is 37.8. The second kappa shape index (κ2) is 5.00. The van der Waals surface area contributed by atoms with Crippen LogP contribution in [0.25, 0.3) is 0 Å². The van der Waals surface area contributed by atoms with Gasteiger partial charge in [-0.2, -0.15) is 13.2 Å². The molecule has 110 valence electrons. The molecule has 1 aliphatic carbocycles. The van der Waals surface area contributed by atoms with Gasteiger partial charge in [-0.25, -0.2) is 4.79 Å². The molecule has 1 saturated carbocycles. The van der Waals surface area contributed by atoms with E-state index in [1.807, 2.05) is 0 Å². The summed E-state index contributed by atoms with van der Waals surface area (Å²) in [4.78, 5) is 11.1. The first-order chi connectivity index (χ1) is 9.21. The Morgan fingerprint density at radius 1 is 1.40 bits per heavy atom. The van der Waals surface area contributed by atoms with Crippen LogP contribution in [0.3, 0.4) is 0 Å². The summed E-state index contributed by atoms with van der Waals surface area (Å²) in [5.74, 6) is -1.36. The highest BCUT2D eigenvalue weighted by Crippen LogP contribution is 2.40. The van der Waals surface area contributed by atoms with E-state index in [1.54, 1.807) is 0 Å². The first-order valence-electron chi connectivity index (χ1n) is 6.40. The lowest BCUT2D eigenvalue weighted by atomic mass is 9.70. The average Bonchev–Trinajstić information content (AvgIpc) is 2.32. The van der Waals surface area contributed by atoms with Crippen LogP contribution in [0.5, 0.6) is 0 Å². The summed E-state index contributed by atoms with van der Waals surface area (Å²) in [5, 5.41) is 12.0. The molecule has 2 rings (SSSR count). The maximum absolute atomic E-state index is 12.6. The summed E-state index contributed by atoms with van der Waals surface area (Å²) in [6.07, 6.45) is -1.31. The molecule has 0 aliphatic heterocycles. The van der Waals surface area contributed by atoms with Gasteiger partial charge in [0.05, 0.1) is 11.1 Å². The fourth-order valence-corrected chi connectivity index (χ4v) is 2.32. The largest absolute Gasteiger partial charge is 0.478 e. The smallest absolute Gasteiger partial charge is 0.416 e. The highest BCUT2D eigenvalue weighted by Gasteiger charge is 2.33. The molecule has 1 aromatic rings. The molecule has 1 aliphatic rings. The third kappa shape index (κ3) is 3.05. The first kappa shape index (κ1) is 14.7. The number of carboxylic acids is 1. The lowest BCUT2D eigenvalue weighted by molar-refractivity contribution is -0.137. The lowest BCUT2D eigenvalue weighted by Gasteiger charge is -2.38. The Labute approximate surface area is 114 Å². The van der Waals surface area contributed by atoms with Gasteiger partial charge in [0.1, 0.15) is 0 Å². The Balaban J connectivity index is 2.21. The van der Waals surface area contributed by atoms with E-state index < -0.39 is 17.7 Å². The number of benzene rings is 1. The van der Waals surface area contributed by atoms with E-state index in [9.17, 15) is 18.0 Å². The van der Waals surface area contributed by atoms with E-state index in [0.29, 0.717) is 12.6 Å². The number of carbonyl (C=O) groups is 1. The second-order valence-corrected chi connectivity index (χ2v) is 5.58. The molecule has 3 nitrogen and oxygen atoms in total. The van der Waals surface area contributed by atoms with Crippen LogP contribution in [0.15, 0.2) is 18.2 Å². The number of carboxylic acid groups (broad SMARTS) is 1. The molecule has 1 fully saturated rings. The third-order valence-electron chi connectivity index (χ3n) is 3.84. The lowest BCUT2D eigenvalue weighted by Crippen LogP contribution is -2.33. The van der Waals surface area contributed by atoms with E-state index in [0.717, 1.165) is 25.3 Å². The van der Waals surface area contributed by atoms with Crippen molar-refractivity contribution in [3.63, 3.8) is 0 Å². The Hall–Kier alpha value is -1.72. The molecule has 0 atom stereocenters. The molecule has 0 heterocycles. The van der Waals surface area contributed by atoms with Crippen LogP contribution < -0.4 is 5.32 Å². The number of alkyl halides is 3. The fraction of sp³-hybridized carbons (Fsp3) is 0.500.